The Hall–Kier alpha value is -3.02. The van der Waals surface area contributed by atoms with E-state index < -0.39 is 6.04 Å². The molecular weight excluding hydrogens is 380 g/mol. The van der Waals surface area contributed by atoms with Crippen LogP contribution >= 0.6 is 0 Å². The molecule has 2 amide bonds. The Labute approximate surface area is 179 Å². The molecule has 0 heterocycles. The van der Waals surface area contributed by atoms with Crippen LogP contribution < -0.4 is 20.1 Å². The van der Waals surface area contributed by atoms with E-state index in [1.807, 2.05) is 58.9 Å². The smallest absolute Gasteiger partial charge is 0.251 e. The quantitative estimate of drug-likeness (QED) is 0.616. The SMILES string of the molecule is CCOc1ccc(C(C)NC(=O)C(NC(=O)c2ccccc2)C(C)C)cc1OCC. The van der Waals surface area contributed by atoms with Gasteiger partial charge in [-0.2, -0.15) is 0 Å². The van der Waals surface area contributed by atoms with E-state index in [1.165, 1.54) is 0 Å². The van der Waals surface area contributed by atoms with Gasteiger partial charge < -0.3 is 20.1 Å². The Morgan fingerprint density at radius 3 is 2.10 bits per heavy atom. The number of ether oxygens (including phenoxy) is 2. The second-order valence-corrected chi connectivity index (χ2v) is 7.36. The summed E-state index contributed by atoms with van der Waals surface area (Å²) >= 11 is 0. The fourth-order valence-corrected chi connectivity index (χ4v) is 3.07. The molecule has 0 aliphatic rings. The van der Waals surface area contributed by atoms with Gasteiger partial charge in [0.1, 0.15) is 6.04 Å². The molecule has 2 unspecified atom stereocenters. The first kappa shape index (κ1) is 23.3. The molecule has 0 fully saturated rings. The largest absolute Gasteiger partial charge is 0.490 e. The maximum atomic E-state index is 12.9. The lowest BCUT2D eigenvalue weighted by atomic mass is 10.0. The van der Waals surface area contributed by atoms with E-state index in [-0.39, 0.29) is 23.8 Å². The van der Waals surface area contributed by atoms with Crippen LogP contribution in [0.2, 0.25) is 0 Å². The molecule has 2 rings (SSSR count). The Bertz CT molecular complexity index is 836. The predicted molar refractivity (Wildman–Crippen MR) is 118 cm³/mol. The van der Waals surface area contributed by atoms with Gasteiger partial charge in [0.25, 0.3) is 5.91 Å². The van der Waals surface area contributed by atoms with Crippen molar-refractivity contribution in [2.45, 2.75) is 46.7 Å². The zero-order valence-corrected chi connectivity index (χ0v) is 18.4. The number of rotatable bonds is 10. The molecule has 0 spiro atoms. The van der Waals surface area contributed by atoms with E-state index in [0.29, 0.717) is 30.3 Å². The highest BCUT2D eigenvalue weighted by atomic mass is 16.5. The molecule has 30 heavy (non-hydrogen) atoms. The highest BCUT2D eigenvalue weighted by Gasteiger charge is 2.26. The van der Waals surface area contributed by atoms with E-state index in [2.05, 4.69) is 10.6 Å². The lowest BCUT2D eigenvalue weighted by Crippen LogP contribution is -2.50. The maximum absolute atomic E-state index is 12.9. The molecule has 0 saturated carbocycles. The number of hydrogen-bond acceptors (Lipinski definition) is 4. The van der Waals surface area contributed by atoms with Crippen LogP contribution in [0.25, 0.3) is 0 Å². The first-order valence-corrected chi connectivity index (χ1v) is 10.4. The van der Waals surface area contributed by atoms with Gasteiger partial charge in [-0.15, -0.1) is 0 Å². The molecule has 2 aromatic carbocycles. The van der Waals surface area contributed by atoms with E-state index in [4.69, 9.17) is 9.47 Å². The van der Waals surface area contributed by atoms with E-state index in [0.717, 1.165) is 5.56 Å². The third-order valence-corrected chi connectivity index (χ3v) is 4.70. The molecule has 0 aromatic heterocycles. The average molecular weight is 413 g/mol. The van der Waals surface area contributed by atoms with Crippen molar-refractivity contribution in [2.75, 3.05) is 13.2 Å². The number of benzene rings is 2. The van der Waals surface area contributed by atoms with Crippen LogP contribution in [-0.2, 0) is 4.79 Å². The fraction of sp³-hybridized carbons (Fsp3) is 0.417. The second-order valence-electron chi connectivity index (χ2n) is 7.36. The number of carbonyl (C=O) groups excluding carboxylic acids is 2. The third-order valence-electron chi connectivity index (χ3n) is 4.70. The van der Waals surface area contributed by atoms with Crippen molar-refractivity contribution in [2.24, 2.45) is 5.92 Å². The van der Waals surface area contributed by atoms with Gasteiger partial charge in [0.05, 0.1) is 19.3 Å². The molecule has 6 heteroatoms. The van der Waals surface area contributed by atoms with Gasteiger partial charge in [0.15, 0.2) is 11.5 Å². The molecule has 6 nitrogen and oxygen atoms in total. The topological polar surface area (TPSA) is 76.7 Å². The Morgan fingerprint density at radius 2 is 1.50 bits per heavy atom. The van der Waals surface area contributed by atoms with E-state index in [1.54, 1.807) is 24.3 Å². The van der Waals surface area contributed by atoms with Gasteiger partial charge in [-0.05, 0) is 56.5 Å². The highest BCUT2D eigenvalue weighted by Crippen LogP contribution is 2.30. The highest BCUT2D eigenvalue weighted by molar-refractivity contribution is 5.97. The van der Waals surface area contributed by atoms with Crippen LogP contribution in [0.3, 0.4) is 0 Å². The summed E-state index contributed by atoms with van der Waals surface area (Å²) in [5, 5.41) is 5.86. The summed E-state index contributed by atoms with van der Waals surface area (Å²) in [4.78, 5) is 25.4. The fourth-order valence-electron chi connectivity index (χ4n) is 3.07. The van der Waals surface area contributed by atoms with Crippen LogP contribution in [0, 0.1) is 5.92 Å². The molecule has 0 radical (unpaired) electrons. The van der Waals surface area contributed by atoms with Crippen LogP contribution in [0.5, 0.6) is 11.5 Å². The molecule has 2 aromatic rings. The first-order valence-electron chi connectivity index (χ1n) is 10.4. The molecule has 0 bridgehead atoms. The number of carbonyl (C=O) groups is 2. The minimum atomic E-state index is -0.644. The van der Waals surface area contributed by atoms with Crippen molar-refractivity contribution in [1.82, 2.24) is 10.6 Å². The van der Waals surface area contributed by atoms with Crippen molar-refractivity contribution < 1.29 is 19.1 Å². The number of nitrogens with one attached hydrogen (secondary N) is 2. The molecule has 2 N–H and O–H groups in total. The van der Waals surface area contributed by atoms with Crippen molar-refractivity contribution in [3.63, 3.8) is 0 Å². The minimum absolute atomic E-state index is 0.0656. The Balaban J connectivity index is 2.11. The summed E-state index contributed by atoms with van der Waals surface area (Å²) in [6.45, 7) is 10.6. The summed E-state index contributed by atoms with van der Waals surface area (Å²) in [5.41, 5.74) is 1.42. The second kappa shape index (κ2) is 11.2. The lowest BCUT2D eigenvalue weighted by Gasteiger charge is -2.24. The number of amides is 2. The summed E-state index contributed by atoms with van der Waals surface area (Å²) in [7, 11) is 0. The van der Waals surface area contributed by atoms with E-state index >= 15 is 0 Å². The summed E-state index contributed by atoms with van der Waals surface area (Å²) in [5.74, 6) is 0.766. The Kier molecular flexibility index (Phi) is 8.71. The van der Waals surface area contributed by atoms with Gasteiger partial charge in [-0.3, -0.25) is 9.59 Å². The molecule has 162 valence electrons. The monoisotopic (exact) mass is 412 g/mol. The summed E-state index contributed by atoms with van der Waals surface area (Å²) in [6.07, 6.45) is 0. The van der Waals surface area contributed by atoms with Gasteiger partial charge in [0, 0.05) is 5.56 Å². The average Bonchev–Trinajstić information content (AvgIpc) is 2.73. The zero-order valence-electron chi connectivity index (χ0n) is 18.4. The van der Waals surface area contributed by atoms with Gasteiger partial charge in [-0.1, -0.05) is 38.1 Å². The third kappa shape index (κ3) is 6.24. The number of hydrogen-bond donors (Lipinski definition) is 2. The molecule has 0 aliphatic heterocycles. The first-order chi connectivity index (χ1) is 14.4. The lowest BCUT2D eigenvalue weighted by molar-refractivity contribution is -0.124. The van der Waals surface area contributed by atoms with Crippen LogP contribution in [0.4, 0.5) is 0 Å². The van der Waals surface area contributed by atoms with Gasteiger partial charge >= 0.3 is 0 Å². The predicted octanol–water partition coefficient (Wildman–Crippen LogP) is 4.12. The maximum Gasteiger partial charge on any atom is 0.251 e. The minimum Gasteiger partial charge on any atom is -0.490 e. The van der Waals surface area contributed by atoms with Gasteiger partial charge in [-0.25, -0.2) is 0 Å². The summed E-state index contributed by atoms with van der Waals surface area (Å²) in [6, 6.07) is 13.6. The van der Waals surface area contributed by atoms with Crippen molar-refractivity contribution >= 4 is 11.8 Å². The zero-order chi connectivity index (χ0) is 22.1. The van der Waals surface area contributed by atoms with Crippen molar-refractivity contribution in [3.8, 4) is 11.5 Å². The van der Waals surface area contributed by atoms with Gasteiger partial charge in [0.2, 0.25) is 5.91 Å². The van der Waals surface area contributed by atoms with Crippen LogP contribution in [-0.4, -0.2) is 31.1 Å². The molecule has 2 atom stereocenters. The Morgan fingerprint density at radius 1 is 0.867 bits per heavy atom. The standard InChI is InChI=1S/C24H32N2O4/c1-6-29-20-14-13-19(15-21(20)30-7-2)17(5)25-24(28)22(16(3)4)26-23(27)18-11-9-8-10-12-18/h8-17,22H,6-7H2,1-5H3,(H,25,28)(H,26,27). The van der Waals surface area contributed by atoms with E-state index in [9.17, 15) is 9.59 Å². The van der Waals surface area contributed by atoms with Crippen molar-refractivity contribution in [1.29, 1.82) is 0 Å². The normalized spacial score (nSPS) is 12.7. The molecular formula is C24H32N2O4. The molecule has 0 saturated heterocycles. The molecule has 0 aliphatic carbocycles. The van der Waals surface area contributed by atoms with Crippen LogP contribution in [0.15, 0.2) is 48.5 Å². The van der Waals surface area contributed by atoms with Crippen LogP contribution in [0.1, 0.15) is 56.6 Å². The summed E-state index contributed by atoms with van der Waals surface area (Å²) < 4.78 is 11.3. The van der Waals surface area contributed by atoms with Crippen molar-refractivity contribution in [3.05, 3.63) is 59.7 Å².